The Hall–Kier alpha value is -1.07. The Labute approximate surface area is 83.0 Å². The molecule has 0 atom stereocenters. The lowest BCUT2D eigenvalue weighted by Crippen LogP contribution is -2.30. The summed E-state index contributed by atoms with van der Waals surface area (Å²) < 4.78 is 0.844. The van der Waals surface area contributed by atoms with Crippen molar-refractivity contribution in [1.82, 2.24) is 9.78 Å². The Morgan fingerprint density at radius 2 is 2.23 bits per heavy atom. The fourth-order valence-electron chi connectivity index (χ4n) is 0.705. The van der Waals surface area contributed by atoms with Gasteiger partial charge in [-0.3, -0.25) is 9.59 Å². The fraction of sp³-hybridized carbons (Fsp3) is 0.167. The molecule has 1 amide bonds. The van der Waals surface area contributed by atoms with Crippen molar-refractivity contribution in [3.8, 4) is 0 Å². The van der Waals surface area contributed by atoms with Gasteiger partial charge in [-0.2, -0.15) is 5.10 Å². The highest BCUT2D eigenvalue weighted by Gasteiger charge is 2.08. The third-order valence-electron chi connectivity index (χ3n) is 1.25. The summed E-state index contributed by atoms with van der Waals surface area (Å²) in [6.07, 6.45) is 1.17. The van der Waals surface area contributed by atoms with Crippen LogP contribution in [0.1, 0.15) is 0 Å². The van der Waals surface area contributed by atoms with E-state index in [0.717, 1.165) is 4.68 Å². The third kappa shape index (κ3) is 2.19. The molecule has 7 heteroatoms. The molecule has 0 aliphatic rings. The summed E-state index contributed by atoms with van der Waals surface area (Å²) in [5, 5.41) is 3.45. The van der Waals surface area contributed by atoms with Crippen molar-refractivity contribution >= 4 is 29.1 Å². The Morgan fingerprint density at radius 3 is 2.77 bits per heavy atom. The van der Waals surface area contributed by atoms with Crippen LogP contribution in [-0.2, 0) is 11.3 Å². The molecule has 13 heavy (non-hydrogen) atoms. The number of carbonyl (C=O) groups excluding carboxylic acids is 1. The Morgan fingerprint density at radius 1 is 1.62 bits per heavy atom. The average Bonchev–Trinajstić information content (AvgIpc) is 2.06. The van der Waals surface area contributed by atoms with E-state index in [0.29, 0.717) is 0 Å². The minimum atomic E-state index is -0.673. The van der Waals surface area contributed by atoms with Gasteiger partial charge in [-0.05, 0) is 0 Å². The predicted octanol–water partition coefficient (Wildman–Crippen LogP) is 0.0354. The molecule has 0 radical (unpaired) electrons. The molecule has 70 valence electrons. The van der Waals surface area contributed by atoms with Crippen molar-refractivity contribution in [2.24, 2.45) is 5.73 Å². The van der Waals surface area contributed by atoms with Gasteiger partial charge in [0.05, 0.1) is 11.2 Å². The van der Waals surface area contributed by atoms with Crippen molar-refractivity contribution < 1.29 is 4.79 Å². The lowest BCUT2D eigenvalue weighted by Gasteiger charge is -2.01. The molecule has 0 aromatic carbocycles. The lowest BCUT2D eigenvalue weighted by molar-refractivity contribution is -0.118. The molecular formula is C6H5Cl2N3O2. The van der Waals surface area contributed by atoms with E-state index in [9.17, 15) is 9.59 Å². The monoisotopic (exact) mass is 221 g/mol. The highest BCUT2D eigenvalue weighted by molar-refractivity contribution is 6.41. The van der Waals surface area contributed by atoms with E-state index in [1.165, 1.54) is 6.20 Å². The molecule has 0 spiro atoms. The number of amides is 1. The first-order chi connectivity index (χ1) is 6.02. The van der Waals surface area contributed by atoms with Gasteiger partial charge in [0, 0.05) is 0 Å². The van der Waals surface area contributed by atoms with E-state index < -0.39 is 11.5 Å². The van der Waals surface area contributed by atoms with Crippen LogP contribution in [0.5, 0.6) is 0 Å². The number of nitrogens with zero attached hydrogens (tertiary/aromatic N) is 2. The molecule has 0 aliphatic heterocycles. The van der Waals surface area contributed by atoms with Gasteiger partial charge in [0.2, 0.25) is 5.91 Å². The maximum Gasteiger partial charge on any atom is 0.287 e. The Balaban J connectivity index is 3.19. The van der Waals surface area contributed by atoms with E-state index in [4.69, 9.17) is 28.9 Å². The van der Waals surface area contributed by atoms with Crippen molar-refractivity contribution in [3.05, 3.63) is 26.6 Å². The molecule has 0 bridgehead atoms. The second-order valence-corrected chi connectivity index (χ2v) is 3.02. The molecular weight excluding hydrogens is 217 g/mol. The van der Waals surface area contributed by atoms with Crippen LogP contribution in [0.15, 0.2) is 11.0 Å². The Bertz CT molecular complexity index is 401. The maximum atomic E-state index is 11.2. The summed E-state index contributed by atoms with van der Waals surface area (Å²) in [6, 6.07) is 0. The van der Waals surface area contributed by atoms with Crippen molar-refractivity contribution in [2.75, 3.05) is 0 Å². The molecule has 0 saturated heterocycles. The van der Waals surface area contributed by atoms with E-state index in [2.05, 4.69) is 5.10 Å². The topological polar surface area (TPSA) is 78.0 Å². The van der Waals surface area contributed by atoms with E-state index in [1.54, 1.807) is 0 Å². The lowest BCUT2D eigenvalue weighted by atomic mass is 10.5. The zero-order valence-electron chi connectivity index (χ0n) is 6.33. The Kier molecular flexibility index (Phi) is 2.90. The number of aromatic nitrogens is 2. The van der Waals surface area contributed by atoms with Crippen LogP contribution in [0.2, 0.25) is 10.0 Å². The molecule has 5 nitrogen and oxygen atoms in total. The second kappa shape index (κ2) is 3.76. The van der Waals surface area contributed by atoms with Crippen LogP contribution in [0.25, 0.3) is 0 Å². The second-order valence-electron chi connectivity index (χ2n) is 2.24. The number of carbonyl (C=O) groups is 1. The van der Waals surface area contributed by atoms with Crippen molar-refractivity contribution in [1.29, 1.82) is 0 Å². The summed E-state index contributed by atoms with van der Waals surface area (Å²) in [6.45, 7) is -0.310. The largest absolute Gasteiger partial charge is 0.368 e. The van der Waals surface area contributed by atoms with Crippen LogP contribution in [-0.4, -0.2) is 15.7 Å². The summed E-state index contributed by atoms with van der Waals surface area (Å²) in [5.41, 5.74) is 4.24. The van der Waals surface area contributed by atoms with Gasteiger partial charge in [0.15, 0.2) is 0 Å². The average molecular weight is 222 g/mol. The quantitative estimate of drug-likeness (QED) is 0.766. The first-order valence-corrected chi connectivity index (χ1v) is 3.97. The van der Waals surface area contributed by atoms with Gasteiger partial charge >= 0.3 is 0 Å². The molecule has 1 heterocycles. The molecule has 0 saturated carbocycles. The normalized spacial score (nSPS) is 10.0. The number of halogens is 2. The number of rotatable bonds is 2. The number of primary amides is 1. The molecule has 2 N–H and O–H groups in total. The SMILES string of the molecule is NC(=O)Cn1ncc(Cl)c(Cl)c1=O. The van der Waals surface area contributed by atoms with Gasteiger partial charge in [-0.15, -0.1) is 0 Å². The van der Waals surface area contributed by atoms with Crippen LogP contribution < -0.4 is 11.3 Å². The maximum absolute atomic E-state index is 11.2. The minimum absolute atomic E-state index is 0.0485. The van der Waals surface area contributed by atoms with Crippen LogP contribution in [0, 0.1) is 0 Å². The molecule has 1 aromatic rings. The van der Waals surface area contributed by atoms with E-state index >= 15 is 0 Å². The fourth-order valence-corrected chi connectivity index (χ4v) is 0.976. The van der Waals surface area contributed by atoms with Gasteiger partial charge in [-0.25, -0.2) is 4.68 Å². The number of hydrogen-bond acceptors (Lipinski definition) is 3. The van der Waals surface area contributed by atoms with Crippen LogP contribution >= 0.6 is 23.2 Å². The summed E-state index contributed by atoms with van der Waals surface area (Å²) in [4.78, 5) is 21.7. The van der Waals surface area contributed by atoms with Crippen molar-refractivity contribution in [2.45, 2.75) is 6.54 Å². The number of nitrogens with two attached hydrogens (primary N) is 1. The summed E-state index contributed by atoms with van der Waals surface area (Å²) in [5.74, 6) is -0.673. The molecule has 1 aromatic heterocycles. The minimum Gasteiger partial charge on any atom is -0.368 e. The van der Waals surface area contributed by atoms with Gasteiger partial charge in [-0.1, -0.05) is 23.2 Å². The van der Waals surface area contributed by atoms with Crippen molar-refractivity contribution in [3.63, 3.8) is 0 Å². The summed E-state index contributed by atoms with van der Waals surface area (Å²) in [7, 11) is 0. The zero-order valence-corrected chi connectivity index (χ0v) is 7.84. The first-order valence-electron chi connectivity index (χ1n) is 3.22. The predicted molar refractivity (Wildman–Crippen MR) is 47.7 cm³/mol. The van der Waals surface area contributed by atoms with Crippen LogP contribution in [0.3, 0.4) is 0 Å². The van der Waals surface area contributed by atoms with Gasteiger partial charge in [0.25, 0.3) is 5.56 Å². The molecule has 1 rings (SSSR count). The first kappa shape index (κ1) is 10.0. The van der Waals surface area contributed by atoms with Gasteiger partial charge in [0.1, 0.15) is 11.6 Å². The molecule has 0 fully saturated rings. The van der Waals surface area contributed by atoms with Gasteiger partial charge < -0.3 is 5.73 Å². The number of hydrogen-bond donors (Lipinski definition) is 1. The highest BCUT2D eigenvalue weighted by Crippen LogP contribution is 2.14. The van der Waals surface area contributed by atoms with E-state index in [1.807, 2.05) is 0 Å². The highest BCUT2D eigenvalue weighted by atomic mass is 35.5. The standard InChI is InChI=1S/C6H5Cl2N3O2/c7-3-1-10-11(2-4(9)12)6(13)5(3)8/h1H,2H2,(H2,9,12). The van der Waals surface area contributed by atoms with E-state index in [-0.39, 0.29) is 16.6 Å². The smallest absolute Gasteiger partial charge is 0.287 e. The molecule has 0 unspecified atom stereocenters. The summed E-state index contributed by atoms with van der Waals surface area (Å²) >= 11 is 11.0. The third-order valence-corrected chi connectivity index (χ3v) is 2.00. The molecule has 0 aliphatic carbocycles. The zero-order chi connectivity index (χ0) is 10.0. The van der Waals surface area contributed by atoms with Crippen LogP contribution in [0.4, 0.5) is 0 Å².